The van der Waals surface area contributed by atoms with Crippen LogP contribution >= 0.6 is 11.6 Å². The summed E-state index contributed by atoms with van der Waals surface area (Å²) in [7, 11) is 0. The van der Waals surface area contributed by atoms with Gasteiger partial charge in [-0.2, -0.15) is 5.26 Å². The van der Waals surface area contributed by atoms with Gasteiger partial charge in [0.15, 0.2) is 12.0 Å². The van der Waals surface area contributed by atoms with Crippen LogP contribution in [-0.2, 0) is 0 Å². The highest BCUT2D eigenvalue weighted by Crippen LogP contribution is 2.36. The number of nitrogens with one attached hydrogen (secondary N) is 2. The van der Waals surface area contributed by atoms with Crippen LogP contribution in [0, 0.1) is 11.5 Å². The van der Waals surface area contributed by atoms with E-state index in [2.05, 4.69) is 15.6 Å². The number of nitrogens with zero attached hydrogens (tertiary/aromatic N) is 2. The SMILES string of the molecule is CC1=C(C(=O)c2ccccc2)[C@H](c2ccccc2Cl)N=C(NC#N)N1. The monoisotopic (exact) mass is 350 g/mol. The largest absolute Gasteiger partial charge is 0.329 e. The Kier molecular flexibility index (Phi) is 4.82. The molecule has 1 heterocycles. The summed E-state index contributed by atoms with van der Waals surface area (Å²) < 4.78 is 0. The quantitative estimate of drug-likeness (QED) is 0.504. The predicted octanol–water partition coefficient (Wildman–Crippen LogP) is 3.57. The lowest BCUT2D eigenvalue weighted by Crippen LogP contribution is -2.39. The van der Waals surface area contributed by atoms with Crippen LogP contribution < -0.4 is 10.6 Å². The highest BCUT2D eigenvalue weighted by atomic mass is 35.5. The summed E-state index contributed by atoms with van der Waals surface area (Å²) in [5.41, 5.74) is 2.42. The number of guanidine groups is 1. The van der Waals surface area contributed by atoms with E-state index in [1.165, 1.54) is 0 Å². The molecule has 3 rings (SSSR count). The Morgan fingerprint density at radius 3 is 2.56 bits per heavy atom. The number of hydrogen-bond acceptors (Lipinski definition) is 5. The zero-order valence-corrected chi connectivity index (χ0v) is 14.2. The fourth-order valence-corrected chi connectivity index (χ4v) is 2.99. The standard InChI is InChI=1S/C19H15ClN4O/c1-12-16(18(25)13-7-3-2-4-8-13)17(24-19(23-12)22-11-21)14-9-5-6-10-15(14)20/h2-10,17H,1H3,(H2,22,23,24)/t17-/m0/s1. The van der Waals surface area contributed by atoms with E-state index >= 15 is 0 Å². The first-order valence-electron chi connectivity index (χ1n) is 7.66. The fourth-order valence-electron chi connectivity index (χ4n) is 2.75. The number of nitriles is 1. The van der Waals surface area contributed by atoms with Gasteiger partial charge < -0.3 is 5.32 Å². The molecule has 0 unspecified atom stereocenters. The van der Waals surface area contributed by atoms with Crippen molar-refractivity contribution in [1.29, 1.82) is 5.26 Å². The third kappa shape index (κ3) is 3.39. The van der Waals surface area contributed by atoms with Gasteiger partial charge in [-0.05, 0) is 18.6 Å². The predicted molar refractivity (Wildman–Crippen MR) is 97.0 cm³/mol. The maximum Gasteiger partial charge on any atom is 0.209 e. The fraction of sp³-hybridized carbons (Fsp3) is 0.105. The van der Waals surface area contributed by atoms with Gasteiger partial charge in [-0.3, -0.25) is 10.1 Å². The molecule has 0 bridgehead atoms. The Bertz CT molecular complexity index is 913. The molecule has 2 N–H and O–H groups in total. The lowest BCUT2D eigenvalue weighted by Gasteiger charge is -2.26. The molecule has 2 aromatic rings. The third-order valence-corrected chi connectivity index (χ3v) is 4.24. The third-order valence-electron chi connectivity index (χ3n) is 3.90. The van der Waals surface area contributed by atoms with Gasteiger partial charge in [0.2, 0.25) is 5.96 Å². The Morgan fingerprint density at radius 1 is 1.20 bits per heavy atom. The van der Waals surface area contributed by atoms with Crippen molar-refractivity contribution in [3.63, 3.8) is 0 Å². The first-order valence-corrected chi connectivity index (χ1v) is 8.04. The maximum absolute atomic E-state index is 13.1. The second-order valence-corrected chi connectivity index (χ2v) is 5.90. The van der Waals surface area contributed by atoms with Gasteiger partial charge in [0.1, 0.15) is 6.04 Å². The molecular formula is C19H15ClN4O. The first kappa shape index (κ1) is 16.7. The smallest absolute Gasteiger partial charge is 0.209 e. The van der Waals surface area contributed by atoms with Crippen molar-refractivity contribution in [3.05, 3.63) is 82.0 Å². The van der Waals surface area contributed by atoms with E-state index in [1.807, 2.05) is 42.6 Å². The van der Waals surface area contributed by atoms with Crippen LogP contribution in [0.25, 0.3) is 0 Å². The van der Waals surface area contributed by atoms with Crippen LogP contribution in [0.5, 0.6) is 0 Å². The number of Topliss-reactive ketones (excluding diaryl/α,β-unsaturated/α-hetero) is 1. The second kappa shape index (κ2) is 7.20. The van der Waals surface area contributed by atoms with E-state index in [1.54, 1.807) is 25.1 Å². The Balaban J connectivity index is 2.11. The summed E-state index contributed by atoms with van der Waals surface area (Å²) in [6, 6.07) is 15.7. The molecular weight excluding hydrogens is 336 g/mol. The molecule has 0 spiro atoms. The van der Waals surface area contributed by atoms with E-state index in [-0.39, 0.29) is 11.7 Å². The number of aliphatic imine (C=N–C) groups is 1. The van der Waals surface area contributed by atoms with Crippen molar-refractivity contribution in [2.75, 3.05) is 0 Å². The number of benzene rings is 2. The second-order valence-electron chi connectivity index (χ2n) is 5.50. The minimum Gasteiger partial charge on any atom is -0.329 e. The summed E-state index contributed by atoms with van der Waals surface area (Å²) in [5.74, 6) is 0.157. The van der Waals surface area contributed by atoms with E-state index in [9.17, 15) is 4.79 Å². The summed E-state index contributed by atoms with van der Waals surface area (Å²) in [6.45, 7) is 1.79. The number of carbonyl (C=O) groups is 1. The molecule has 0 fully saturated rings. The molecule has 1 atom stereocenters. The number of hydrogen-bond donors (Lipinski definition) is 2. The van der Waals surface area contributed by atoms with Crippen molar-refractivity contribution in [2.24, 2.45) is 4.99 Å². The molecule has 5 nitrogen and oxygen atoms in total. The van der Waals surface area contributed by atoms with Crippen molar-refractivity contribution in [1.82, 2.24) is 10.6 Å². The molecule has 0 saturated carbocycles. The van der Waals surface area contributed by atoms with Gasteiger partial charge in [-0.25, -0.2) is 4.99 Å². The summed E-state index contributed by atoms with van der Waals surface area (Å²) >= 11 is 6.34. The molecule has 0 radical (unpaired) electrons. The summed E-state index contributed by atoms with van der Waals surface area (Å²) in [5, 5.41) is 14.9. The molecule has 0 amide bonds. The molecule has 1 aliphatic rings. The van der Waals surface area contributed by atoms with Crippen LogP contribution in [0.2, 0.25) is 5.02 Å². The highest BCUT2D eigenvalue weighted by Gasteiger charge is 2.30. The first-order chi connectivity index (χ1) is 12.1. The van der Waals surface area contributed by atoms with E-state index < -0.39 is 6.04 Å². The van der Waals surface area contributed by atoms with Crippen molar-refractivity contribution >= 4 is 23.3 Å². The zero-order chi connectivity index (χ0) is 17.8. The average molecular weight is 351 g/mol. The summed E-state index contributed by atoms with van der Waals surface area (Å²) in [4.78, 5) is 17.6. The number of carbonyl (C=O) groups excluding carboxylic acids is 1. The molecule has 0 aromatic heterocycles. The Labute approximate surface area is 150 Å². The van der Waals surface area contributed by atoms with Crippen LogP contribution in [0.15, 0.2) is 70.9 Å². The minimum absolute atomic E-state index is 0.129. The topological polar surface area (TPSA) is 77.3 Å². The van der Waals surface area contributed by atoms with Crippen molar-refractivity contribution < 1.29 is 4.79 Å². The van der Waals surface area contributed by atoms with Gasteiger partial charge in [0, 0.05) is 21.9 Å². The maximum atomic E-state index is 13.1. The molecule has 2 aromatic carbocycles. The van der Waals surface area contributed by atoms with Gasteiger partial charge >= 0.3 is 0 Å². The van der Waals surface area contributed by atoms with Crippen LogP contribution in [0.4, 0.5) is 0 Å². The molecule has 0 saturated heterocycles. The van der Waals surface area contributed by atoms with Gasteiger partial charge in [-0.1, -0.05) is 60.1 Å². The number of ketones is 1. The minimum atomic E-state index is -0.599. The Hall–Kier alpha value is -3.10. The van der Waals surface area contributed by atoms with Gasteiger partial charge in [0.05, 0.1) is 0 Å². The van der Waals surface area contributed by atoms with Crippen molar-refractivity contribution in [3.8, 4) is 6.19 Å². The van der Waals surface area contributed by atoms with Gasteiger partial charge in [-0.15, -0.1) is 0 Å². The summed E-state index contributed by atoms with van der Waals surface area (Å²) in [6.07, 6.45) is 1.84. The number of halogens is 1. The van der Waals surface area contributed by atoms with Crippen LogP contribution in [0.3, 0.4) is 0 Å². The molecule has 6 heteroatoms. The lowest BCUT2D eigenvalue weighted by molar-refractivity contribution is 0.102. The average Bonchev–Trinajstić information content (AvgIpc) is 2.62. The zero-order valence-electron chi connectivity index (χ0n) is 13.5. The van der Waals surface area contributed by atoms with Gasteiger partial charge in [0.25, 0.3) is 0 Å². The van der Waals surface area contributed by atoms with E-state index in [0.717, 1.165) is 0 Å². The van der Waals surface area contributed by atoms with Crippen molar-refractivity contribution in [2.45, 2.75) is 13.0 Å². The molecule has 0 aliphatic carbocycles. The van der Waals surface area contributed by atoms with E-state index in [0.29, 0.717) is 27.4 Å². The van der Waals surface area contributed by atoms with Crippen LogP contribution in [0.1, 0.15) is 28.9 Å². The molecule has 124 valence electrons. The number of rotatable bonds is 3. The lowest BCUT2D eigenvalue weighted by atomic mass is 9.90. The van der Waals surface area contributed by atoms with E-state index in [4.69, 9.17) is 16.9 Å². The highest BCUT2D eigenvalue weighted by molar-refractivity contribution is 6.31. The number of allylic oxidation sites excluding steroid dienone is 1. The van der Waals surface area contributed by atoms with Crippen LogP contribution in [-0.4, -0.2) is 11.7 Å². The normalized spacial score (nSPS) is 16.5. The molecule has 25 heavy (non-hydrogen) atoms. The Morgan fingerprint density at radius 2 is 1.88 bits per heavy atom. The molecule has 1 aliphatic heterocycles.